The standard InChI is InChI=1S/C15H11F2NO/c1-2-10-8-12(9-13(16)14(10)17)18-15(19)11-6-4-3-5-7-11/h2-9H,1H2,(H,18,19). The summed E-state index contributed by atoms with van der Waals surface area (Å²) in [6.45, 7) is 3.39. The summed E-state index contributed by atoms with van der Waals surface area (Å²) in [5.41, 5.74) is 0.624. The number of hydrogen-bond donors (Lipinski definition) is 1. The normalized spacial score (nSPS) is 10.0. The molecule has 2 aromatic rings. The van der Waals surface area contributed by atoms with E-state index in [1.807, 2.05) is 0 Å². The molecule has 0 spiro atoms. The smallest absolute Gasteiger partial charge is 0.255 e. The highest BCUT2D eigenvalue weighted by Gasteiger charge is 2.11. The van der Waals surface area contributed by atoms with Crippen molar-refractivity contribution in [2.75, 3.05) is 5.32 Å². The molecule has 2 aromatic carbocycles. The molecule has 0 heterocycles. The number of carbonyl (C=O) groups excluding carboxylic acids is 1. The second-order valence-electron chi connectivity index (χ2n) is 3.89. The van der Waals surface area contributed by atoms with Crippen molar-refractivity contribution in [3.05, 3.63) is 71.8 Å². The first-order valence-electron chi connectivity index (χ1n) is 5.59. The maximum atomic E-state index is 13.3. The Kier molecular flexibility index (Phi) is 3.71. The molecule has 0 saturated heterocycles. The lowest BCUT2D eigenvalue weighted by Gasteiger charge is -2.07. The molecule has 4 heteroatoms. The van der Waals surface area contributed by atoms with Crippen LogP contribution in [0.3, 0.4) is 0 Å². The van der Waals surface area contributed by atoms with Gasteiger partial charge in [-0.2, -0.15) is 0 Å². The summed E-state index contributed by atoms with van der Waals surface area (Å²) in [5.74, 6) is -2.39. The molecule has 0 atom stereocenters. The van der Waals surface area contributed by atoms with E-state index in [2.05, 4.69) is 11.9 Å². The van der Waals surface area contributed by atoms with Gasteiger partial charge in [0.25, 0.3) is 5.91 Å². The molecule has 0 aliphatic carbocycles. The van der Waals surface area contributed by atoms with Crippen LogP contribution in [0, 0.1) is 11.6 Å². The van der Waals surface area contributed by atoms with Crippen molar-refractivity contribution in [1.29, 1.82) is 0 Å². The Morgan fingerprint density at radius 1 is 1.16 bits per heavy atom. The first kappa shape index (κ1) is 13.0. The van der Waals surface area contributed by atoms with E-state index < -0.39 is 11.6 Å². The summed E-state index contributed by atoms with van der Waals surface area (Å²) >= 11 is 0. The molecule has 2 rings (SSSR count). The zero-order valence-corrected chi connectivity index (χ0v) is 9.99. The van der Waals surface area contributed by atoms with Crippen LogP contribution in [0.5, 0.6) is 0 Å². The van der Waals surface area contributed by atoms with Gasteiger partial charge in [0.2, 0.25) is 0 Å². The minimum Gasteiger partial charge on any atom is -0.322 e. The predicted octanol–water partition coefficient (Wildman–Crippen LogP) is 3.86. The van der Waals surface area contributed by atoms with Crippen LogP contribution in [-0.2, 0) is 0 Å². The fraction of sp³-hybridized carbons (Fsp3) is 0. The topological polar surface area (TPSA) is 29.1 Å². The molecule has 1 N–H and O–H groups in total. The monoisotopic (exact) mass is 259 g/mol. The molecule has 0 saturated carbocycles. The molecule has 0 radical (unpaired) electrons. The van der Waals surface area contributed by atoms with E-state index in [4.69, 9.17) is 0 Å². The number of rotatable bonds is 3. The highest BCUT2D eigenvalue weighted by molar-refractivity contribution is 6.04. The van der Waals surface area contributed by atoms with E-state index in [0.29, 0.717) is 5.56 Å². The minimum absolute atomic E-state index is 0.00311. The van der Waals surface area contributed by atoms with Gasteiger partial charge >= 0.3 is 0 Å². The average molecular weight is 259 g/mol. The number of nitrogens with one attached hydrogen (secondary N) is 1. The Labute approximate surface area is 109 Å². The van der Waals surface area contributed by atoms with Gasteiger partial charge < -0.3 is 5.32 Å². The second-order valence-corrected chi connectivity index (χ2v) is 3.89. The molecule has 2 nitrogen and oxygen atoms in total. The van der Waals surface area contributed by atoms with Crippen LogP contribution in [0.15, 0.2) is 49.0 Å². The van der Waals surface area contributed by atoms with Crippen molar-refractivity contribution in [3.8, 4) is 0 Å². The van der Waals surface area contributed by atoms with E-state index in [1.54, 1.807) is 30.3 Å². The lowest BCUT2D eigenvalue weighted by molar-refractivity contribution is 0.102. The van der Waals surface area contributed by atoms with Crippen molar-refractivity contribution in [1.82, 2.24) is 0 Å². The number of hydrogen-bond acceptors (Lipinski definition) is 1. The molecule has 0 fully saturated rings. The summed E-state index contributed by atoms with van der Waals surface area (Å²) in [6, 6.07) is 10.7. The molecule has 0 unspecified atom stereocenters. The lowest BCUT2D eigenvalue weighted by atomic mass is 10.1. The first-order chi connectivity index (χ1) is 9.11. The molecule has 0 aliphatic heterocycles. The average Bonchev–Trinajstić information content (AvgIpc) is 2.43. The second kappa shape index (κ2) is 5.44. The summed E-state index contributed by atoms with van der Waals surface area (Å²) < 4.78 is 26.6. The Balaban J connectivity index is 2.27. The molecular formula is C15H11F2NO. The van der Waals surface area contributed by atoms with E-state index >= 15 is 0 Å². The minimum atomic E-state index is -1.03. The van der Waals surface area contributed by atoms with Gasteiger partial charge in [0.1, 0.15) is 0 Å². The van der Waals surface area contributed by atoms with Crippen molar-refractivity contribution in [3.63, 3.8) is 0 Å². The van der Waals surface area contributed by atoms with Crippen LogP contribution in [0.2, 0.25) is 0 Å². The van der Waals surface area contributed by atoms with Gasteiger partial charge in [0.05, 0.1) is 0 Å². The van der Waals surface area contributed by atoms with Crippen LogP contribution in [0.4, 0.5) is 14.5 Å². The maximum Gasteiger partial charge on any atom is 0.255 e. The van der Waals surface area contributed by atoms with Gasteiger partial charge in [-0.3, -0.25) is 4.79 Å². The van der Waals surface area contributed by atoms with Gasteiger partial charge in [0.15, 0.2) is 11.6 Å². The zero-order valence-electron chi connectivity index (χ0n) is 9.99. The third-order valence-corrected chi connectivity index (χ3v) is 2.57. The molecule has 1 amide bonds. The van der Waals surface area contributed by atoms with E-state index in [0.717, 1.165) is 6.07 Å². The van der Waals surface area contributed by atoms with Gasteiger partial charge in [-0.05, 0) is 18.2 Å². The van der Waals surface area contributed by atoms with E-state index in [-0.39, 0.29) is 17.2 Å². The van der Waals surface area contributed by atoms with Crippen LogP contribution < -0.4 is 5.32 Å². The molecular weight excluding hydrogens is 248 g/mol. The molecule has 0 aromatic heterocycles. The van der Waals surface area contributed by atoms with Crippen molar-refractivity contribution < 1.29 is 13.6 Å². The van der Waals surface area contributed by atoms with Gasteiger partial charge in [0, 0.05) is 22.9 Å². The fourth-order valence-corrected chi connectivity index (χ4v) is 1.62. The van der Waals surface area contributed by atoms with Crippen LogP contribution in [0.25, 0.3) is 6.08 Å². The van der Waals surface area contributed by atoms with Gasteiger partial charge in [-0.1, -0.05) is 30.9 Å². The van der Waals surface area contributed by atoms with Crippen LogP contribution in [-0.4, -0.2) is 5.91 Å². The predicted molar refractivity (Wildman–Crippen MR) is 70.8 cm³/mol. The number of carbonyl (C=O) groups is 1. The maximum absolute atomic E-state index is 13.3. The van der Waals surface area contributed by atoms with Gasteiger partial charge in [-0.15, -0.1) is 0 Å². The Hall–Kier alpha value is -2.49. The Morgan fingerprint density at radius 3 is 2.47 bits per heavy atom. The largest absolute Gasteiger partial charge is 0.322 e. The summed E-state index contributed by atoms with van der Waals surface area (Å²) in [5, 5.41) is 2.51. The highest BCUT2D eigenvalue weighted by atomic mass is 19.2. The highest BCUT2D eigenvalue weighted by Crippen LogP contribution is 2.20. The SMILES string of the molecule is C=Cc1cc(NC(=O)c2ccccc2)cc(F)c1F. The summed E-state index contributed by atoms with van der Waals surface area (Å²) in [4.78, 5) is 11.9. The third-order valence-electron chi connectivity index (χ3n) is 2.57. The fourth-order valence-electron chi connectivity index (χ4n) is 1.62. The van der Waals surface area contributed by atoms with Crippen molar-refractivity contribution in [2.45, 2.75) is 0 Å². The summed E-state index contributed by atoms with van der Waals surface area (Å²) in [6.07, 6.45) is 1.19. The van der Waals surface area contributed by atoms with Crippen molar-refractivity contribution >= 4 is 17.7 Å². The third kappa shape index (κ3) is 2.85. The lowest BCUT2D eigenvalue weighted by Crippen LogP contribution is -2.12. The summed E-state index contributed by atoms with van der Waals surface area (Å²) in [7, 11) is 0. The van der Waals surface area contributed by atoms with Crippen LogP contribution in [0.1, 0.15) is 15.9 Å². The molecule has 96 valence electrons. The Bertz CT molecular complexity index is 624. The quantitative estimate of drug-likeness (QED) is 0.891. The zero-order chi connectivity index (χ0) is 13.8. The van der Waals surface area contributed by atoms with Crippen LogP contribution >= 0.6 is 0 Å². The first-order valence-corrected chi connectivity index (χ1v) is 5.59. The van der Waals surface area contributed by atoms with Gasteiger partial charge in [-0.25, -0.2) is 8.78 Å². The molecule has 0 aliphatic rings. The van der Waals surface area contributed by atoms with Crippen molar-refractivity contribution in [2.24, 2.45) is 0 Å². The van der Waals surface area contributed by atoms with E-state index in [1.165, 1.54) is 12.1 Å². The molecule has 19 heavy (non-hydrogen) atoms. The number of halogens is 2. The van der Waals surface area contributed by atoms with E-state index in [9.17, 15) is 13.6 Å². The number of amides is 1. The molecule has 0 bridgehead atoms. The Morgan fingerprint density at radius 2 is 1.84 bits per heavy atom. The number of benzene rings is 2. The number of anilines is 1.